The monoisotopic (exact) mass is 387 g/mol. The Balaban J connectivity index is 1.77. The lowest BCUT2D eigenvalue weighted by atomic mass is 9.80. The fourth-order valence-electron chi connectivity index (χ4n) is 3.83. The second-order valence-electron chi connectivity index (χ2n) is 7.10. The van der Waals surface area contributed by atoms with Crippen LogP contribution in [0.3, 0.4) is 0 Å². The van der Waals surface area contributed by atoms with E-state index < -0.39 is 17.3 Å². The van der Waals surface area contributed by atoms with Crippen LogP contribution in [0.4, 0.5) is 18.9 Å². The highest BCUT2D eigenvalue weighted by atomic mass is 19.4. The summed E-state index contributed by atoms with van der Waals surface area (Å²) in [6.45, 7) is 0. The van der Waals surface area contributed by atoms with Gasteiger partial charge in [0.1, 0.15) is 0 Å². The van der Waals surface area contributed by atoms with Crippen LogP contribution in [0.2, 0.25) is 0 Å². The zero-order valence-corrected chi connectivity index (χ0v) is 15.2. The van der Waals surface area contributed by atoms with Crippen LogP contribution in [0.5, 0.6) is 0 Å². The molecule has 1 aromatic heterocycles. The summed E-state index contributed by atoms with van der Waals surface area (Å²) >= 11 is 0. The van der Waals surface area contributed by atoms with Gasteiger partial charge in [-0.15, -0.1) is 5.10 Å². The molecule has 0 bridgehead atoms. The first-order chi connectivity index (χ1) is 13.5. The van der Waals surface area contributed by atoms with Crippen LogP contribution in [-0.4, -0.2) is 20.2 Å². The predicted octanol–water partition coefficient (Wildman–Crippen LogP) is 4.95. The Labute approximate surface area is 160 Å². The van der Waals surface area contributed by atoms with Gasteiger partial charge in [0.15, 0.2) is 5.82 Å². The van der Waals surface area contributed by atoms with Crippen molar-refractivity contribution in [2.24, 2.45) is 0 Å². The van der Waals surface area contributed by atoms with Crippen molar-refractivity contribution in [3.63, 3.8) is 0 Å². The summed E-state index contributed by atoms with van der Waals surface area (Å²) < 4.78 is 40.9. The molecule has 28 heavy (non-hydrogen) atoms. The maximum absolute atomic E-state index is 13.2. The van der Waals surface area contributed by atoms with Gasteiger partial charge >= 0.3 is 6.18 Å². The minimum Gasteiger partial charge on any atom is -0.373 e. The predicted molar refractivity (Wildman–Crippen MR) is 99.0 cm³/mol. The van der Waals surface area contributed by atoms with Crippen LogP contribution >= 0.6 is 0 Å². The number of anilines is 1. The highest BCUT2D eigenvalue weighted by molar-refractivity contribution is 5.47. The van der Waals surface area contributed by atoms with E-state index in [2.05, 4.69) is 20.8 Å². The second kappa shape index (κ2) is 7.26. The lowest BCUT2D eigenvalue weighted by molar-refractivity contribution is -0.137. The van der Waals surface area contributed by atoms with Crippen LogP contribution in [-0.2, 0) is 11.7 Å². The van der Waals surface area contributed by atoms with Crippen molar-refractivity contribution in [3.8, 4) is 5.69 Å². The van der Waals surface area contributed by atoms with Crippen molar-refractivity contribution < 1.29 is 13.2 Å². The van der Waals surface area contributed by atoms with E-state index in [1.807, 2.05) is 30.3 Å². The smallest absolute Gasteiger partial charge is 0.373 e. The summed E-state index contributed by atoms with van der Waals surface area (Å²) in [5, 5.41) is 15.6. The number of nitrogens with one attached hydrogen (secondary N) is 1. The zero-order valence-electron chi connectivity index (χ0n) is 15.2. The summed E-state index contributed by atoms with van der Waals surface area (Å²) in [5.74, 6) is 0.537. The number of halogens is 3. The van der Waals surface area contributed by atoms with E-state index in [0.29, 0.717) is 11.5 Å². The van der Waals surface area contributed by atoms with Crippen LogP contribution in [0, 0.1) is 0 Å². The van der Waals surface area contributed by atoms with Gasteiger partial charge in [-0.1, -0.05) is 43.5 Å². The van der Waals surface area contributed by atoms with Gasteiger partial charge in [-0.2, -0.15) is 17.9 Å². The standard InChI is InChI=1S/C20H20F3N5/c21-20(22,23)15-8-7-11-17(14-15)28-18(25-26-27-28)19(12-5-2-6-13-19)24-16-9-3-1-4-10-16/h1,3-4,7-11,14,24H,2,5-6,12-13H2. The Hall–Kier alpha value is -2.90. The van der Waals surface area contributed by atoms with Gasteiger partial charge in [0.25, 0.3) is 0 Å². The molecule has 1 saturated carbocycles. The Kier molecular flexibility index (Phi) is 4.78. The van der Waals surface area contributed by atoms with E-state index in [9.17, 15) is 13.2 Å². The molecular formula is C20H20F3N5. The van der Waals surface area contributed by atoms with E-state index in [4.69, 9.17) is 0 Å². The molecule has 0 saturated heterocycles. The molecule has 4 rings (SSSR count). The first kappa shape index (κ1) is 18.5. The Morgan fingerprint density at radius 1 is 0.929 bits per heavy atom. The molecule has 2 aromatic carbocycles. The minimum atomic E-state index is -4.42. The number of hydrogen-bond donors (Lipinski definition) is 1. The van der Waals surface area contributed by atoms with Gasteiger partial charge in [0, 0.05) is 5.69 Å². The van der Waals surface area contributed by atoms with Crippen molar-refractivity contribution in [2.45, 2.75) is 43.8 Å². The van der Waals surface area contributed by atoms with E-state index >= 15 is 0 Å². The zero-order chi connectivity index (χ0) is 19.6. The molecule has 3 aromatic rings. The second-order valence-corrected chi connectivity index (χ2v) is 7.10. The topological polar surface area (TPSA) is 55.6 Å². The molecule has 146 valence electrons. The van der Waals surface area contributed by atoms with Crippen LogP contribution in [0.15, 0.2) is 54.6 Å². The molecule has 0 radical (unpaired) electrons. The van der Waals surface area contributed by atoms with Crippen molar-refractivity contribution in [2.75, 3.05) is 5.32 Å². The maximum Gasteiger partial charge on any atom is 0.416 e. The largest absolute Gasteiger partial charge is 0.416 e. The summed E-state index contributed by atoms with van der Waals surface area (Å²) in [5.41, 5.74) is -0.0186. The number of hydrogen-bond acceptors (Lipinski definition) is 4. The van der Waals surface area contributed by atoms with Crippen LogP contribution in [0.25, 0.3) is 5.69 Å². The van der Waals surface area contributed by atoms with Crippen molar-refractivity contribution in [3.05, 3.63) is 66.0 Å². The van der Waals surface area contributed by atoms with Gasteiger partial charge in [-0.05, 0) is 53.6 Å². The number of rotatable bonds is 4. The summed E-state index contributed by atoms with van der Waals surface area (Å²) in [6, 6.07) is 14.8. The number of para-hydroxylation sites is 1. The molecule has 1 N–H and O–H groups in total. The highest BCUT2D eigenvalue weighted by Gasteiger charge is 2.39. The number of alkyl halides is 3. The molecule has 0 spiro atoms. The molecule has 1 aliphatic rings. The Morgan fingerprint density at radius 2 is 1.68 bits per heavy atom. The molecule has 0 atom stereocenters. The number of aromatic nitrogens is 4. The summed E-state index contributed by atoms with van der Waals surface area (Å²) in [4.78, 5) is 0. The lowest BCUT2D eigenvalue weighted by Gasteiger charge is -2.37. The van der Waals surface area contributed by atoms with Crippen LogP contribution < -0.4 is 5.32 Å². The fraction of sp³-hybridized carbons (Fsp3) is 0.350. The third kappa shape index (κ3) is 3.58. The van der Waals surface area contributed by atoms with Gasteiger partial charge in [0.05, 0.1) is 16.8 Å². The Morgan fingerprint density at radius 3 is 2.39 bits per heavy atom. The highest BCUT2D eigenvalue weighted by Crippen LogP contribution is 2.40. The number of tetrazole rings is 1. The molecule has 0 amide bonds. The van der Waals surface area contributed by atoms with Gasteiger partial charge in [0.2, 0.25) is 0 Å². The fourth-order valence-corrected chi connectivity index (χ4v) is 3.83. The first-order valence-corrected chi connectivity index (χ1v) is 9.28. The normalized spacial score (nSPS) is 16.7. The summed E-state index contributed by atoms with van der Waals surface area (Å²) in [7, 11) is 0. The molecule has 0 unspecified atom stereocenters. The van der Waals surface area contributed by atoms with Crippen molar-refractivity contribution in [1.82, 2.24) is 20.2 Å². The van der Waals surface area contributed by atoms with Crippen molar-refractivity contribution >= 4 is 5.69 Å². The van der Waals surface area contributed by atoms with Gasteiger partial charge < -0.3 is 5.32 Å². The number of nitrogens with zero attached hydrogens (tertiary/aromatic N) is 4. The third-order valence-electron chi connectivity index (χ3n) is 5.18. The number of benzene rings is 2. The van der Waals surface area contributed by atoms with Gasteiger partial charge in [-0.3, -0.25) is 0 Å². The molecule has 0 aliphatic heterocycles. The van der Waals surface area contributed by atoms with E-state index in [1.54, 1.807) is 6.07 Å². The molecule has 1 heterocycles. The quantitative estimate of drug-likeness (QED) is 0.688. The maximum atomic E-state index is 13.2. The third-order valence-corrected chi connectivity index (χ3v) is 5.18. The van der Waals surface area contributed by atoms with E-state index in [1.165, 1.54) is 10.7 Å². The van der Waals surface area contributed by atoms with Crippen LogP contribution in [0.1, 0.15) is 43.5 Å². The summed E-state index contributed by atoms with van der Waals surface area (Å²) in [6.07, 6.45) is 0.297. The lowest BCUT2D eigenvalue weighted by Crippen LogP contribution is -2.40. The molecular weight excluding hydrogens is 367 g/mol. The first-order valence-electron chi connectivity index (χ1n) is 9.28. The van der Waals surface area contributed by atoms with E-state index in [-0.39, 0.29) is 0 Å². The molecule has 8 heteroatoms. The minimum absolute atomic E-state index is 0.301. The average molecular weight is 387 g/mol. The molecule has 1 fully saturated rings. The van der Waals surface area contributed by atoms with Gasteiger partial charge in [-0.25, -0.2) is 0 Å². The Bertz CT molecular complexity index is 930. The molecule has 5 nitrogen and oxygen atoms in total. The molecule has 1 aliphatic carbocycles. The SMILES string of the molecule is FC(F)(F)c1cccc(-n2nnnc2C2(Nc3ccccc3)CCCCC2)c1. The van der Waals surface area contributed by atoms with Crippen molar-refractivity contribution in [1.29, 1.82) is 0 Å². The average Bonchev–Trinajstić information content (AvgIpc) is 3.20. The van der Waals surface area contributed by atoms with E-state index in [0.717, 1.165) is 49.9 Å².